The molecule has 0 aliphatic carbocycles. The van der Waals surface area contributed by atoms with Crippen molar-refractivity contribution in [3.8, 4) is 17.2 Å². The lowest BCUT2D eigenvalue weighted by Crippen LogP contribution is -2.40. The molecule has 0 radical (unpaired) electrons. The van der Waals surface area contributed by atoms with Crippen LogP contribution in [0.15, 0.2) is 61.9 Å². The van der Waals surface area contributed by atoms with Gasteiger partial charge in [-0.3, -0.25) is 9.36 Å². The van der Waals surface area contributed by atoms with Crippen molar-refractivity contribution in [2.75, 3.05) is 26.4 Å². The third-order valence-electron chi connectivity index (χ3n) is 5.95. The van der Waals surface area contributed by atoms with E-state index in [2.05, 4.69) is 20.9 Å². The summed E-state index contributed by atoms with van der Waals surface area (Å²) in [5.41, 5.74) is 2.08. The standard InChI is InChI=1S/C29H31BrN2O6S/c1-6-35-21-12-10-18(14-20(21)30)15-24-27(33)32-26(19-11-13-22(36-7-2)23(16-19)37-8-3)25(28(34)38-9-4)17(5)31-29(32)39-24/h10-16,26H,6-9H2,1-5H3/b24-15-/t26-/m1/s1. The summed E-state index contributed by atoms with van der Waals surface area (Å²) < 4.78 is 25.4. The molecule has 2 aromatic carbocycles. The van der Waals surface area contributed by atoms with Gasteiger partial charge >= 0.3 is 5.97 Å². The third kappa shape index (κ3) is 5.96. The monoisotopic (exact) mass is 614 g/mol. The number of benzene rings is 2. The van der Waals surface area contributed by atoms with Crippen LogP contribution in [-0.4, -0.2) is 37.0 Å². The molecule has 1 aromatic heterocycles. The fourth-order valence-electron chi connectivity index (χ4n) is 4.38. The fraction of sp³-hybridized carbons (Fsp3) is 0.345. The third-order valence-corrected chi connectivity index (χ3v) is 7.56. The van der Waals surface area contributed by atoms with Crippen LogP contribution in [-0.2, 0) is 9.53 Å². The quantitative estimate of drug-likeness (QED) is 0.306. The first-order valence-electron chi connectivity index (χ1n) is 12.8. The van der Waals surface area contributed by atoms with Crippen LogP contribution in [0.4, 0.5) is 0 Å². The van der Waals surface area contributed by atoms with E-state index in [1.807, 2.05) is 57.2 Å². The zero-order valence-corrected chi connectivity index (χ0v) is 25.0. The maximum Gasteiger partial charge on any atom is 0.338 e. The van der Waals surface area contributed by atoms with E-state index < -0.39 is 12.0 Å². The van der Waals surface area contributed by atoms with Crippen molar-refractivity contribution < 1.29 is 23.7 Å². The number of aromatic nitrogens is 1. The topological polar surface area (TPSA) is 88.4 Å². The molecular weight excluding hydrogens is 584 g/mol. The Kier molecular flexibility index (Phi) is 9.29. The summed E-state index contributed by atoms with van der Waals surface area (Å²) in [6.45, 7) is 10.9. The number of allylic oxidation sites excluding steroid dienone is 1. The van der Waals surface area contributed by atoms with Crippen LogP contribution in [0.5, 0.6) is 17.2 Å². The summed E-state index contributed by atoms with van der Waals surface area (Å²) in [4.78, 5) is 32.2. The number of carbonyl (C=O) groups is 1. The maximum atomic E-state index is 13.9. The van der Waals surface area contributed by atoms with Gasteiger partial charge in [-0.15, -0.1) is 0 Å². The maximum absolute atomic E-state index is 13.9. The van der Waals surface area contributed by atoms with E-state index >= 15 is 0 Å². The van der Waals surface area contributed by atoms with Gasteiger partial charge in [0, 0.05) is 0 Å². The summed E-state index contributed by atoms with van der Waals surface area (Å²) in [6, 6.07) is 10.4. The Labute approximate surface area is 239 Å². The van der Waals surface area contributed by atoms with Gasteiger partial charge in [0.2, 0.25) is 0 Å². The number of rotatable bonds is 10. The first-order chi connectivity index (χ1) is 18.8. The molecule has 8 nitrogen and oxygen atoms in total. The molecule has 10 heteroatoms. The molecule has 1 aliphatic rings. The second-order valence-electron chi connectivity index (χ2n) is 8.50. The van der Waals surface area contributed by atoms with Gasteiger partial charge in [0.05, 0.1) is 52.7 Å². The predicted molar refractivity (Wildman–Crippen MR) is 154 cm³/mol. The minimum absolute atomic E-state index is 0.201. The van der Waals surface area contributed by atoms with E-state index in [1.165, 1.54) is 11.3 Å². The fourth-order valence-corrected chi connectivity index (χ4v) is 5.93. The predicted octanol–water partition coefficient (Wildman–Crippen LogP) is 4.76. The Morgan fingerprint density at radius 2 is 1.64 bits per heavy atom. The SMILES string of the molecule is CCOC(=O)C1=C(C)N=c2s/c(=C\c3ccc(OCC)c(Br)c3)c(=O)n2[C@@H]1c1ccc(OCC)c(OCC)c1. The second-order valence-corrected chi connectivity index (χ2v) is 10.4. The minimum atomic E-state index is -0.746. The van der Waals surface area contributed by atoms with Gasteiger partial charge < -0.3 is 18.9 Å². The summed E-state index contributed by atoms with van der Waals surface area (Å²) >= 11 is 4.81. The molecule has 0 amide bonds. The molecule has 39 heavy (non-hydrogen) atoms. The van der Waals surface area contributed by atoms with Gasteiger partial charge in [-0.25, -0.2) is 9.79 Å². The zero-order chi connectivity index (χ0) is 28.1. The first-order valence-corrected chi connectivity index (χ1v) is 14.4. The summed E-state index contributed by atoms with van der Waals surface area (Å²) in [6.07, 6.45) is 1.81. The van der Waals surface area contributed by atoms with Crippen LogP contribution in [0.25, 0.3) is 6.08 Å². The van der Waals surface area contributed by atoms with Gasteiger partial charge in [-0.2, -0.15) is 0 Å². The molecular formula is C29H31BrN2O6S. The number of ether oxygens (including phenoxy) is 4. The highest BCUT2D eigenvalue weighted by Gasteiger charge is 2.34. The Balaban J connectivity index is 1.91. The van der Waals surface area contributed by atoms with Gasteiger partial charge in [0.1, 0.15) is 5.75 Å². The Hall–Kier alpha value is -3.37. The average Bonchev–Trinajstić information content (AvgIpc) is 3.20. The van der Waals surface area contributed by atoms with Crippen molar-refractivity contribution >= 4 is 39.3 Å². The molecule has 1 atom stereocenters. The van der Waals surface area contributed by atoms with Crippen molar-refractivity contribution in [1.29, 1.82) is 0 Å². The Morgan fingerprint density at radius 1 is 0.974 bits per heavy atom. The second kappa shape index (κ2) is 12.7. The molecule has 0 N–H and O–H groups in total. The Morgan fingerprint density at radius 3 is 2.31 bits per heavy atom. The van der Waals surface area contributed by atoms with E-state index in [0.29, 0.717) is 57.5 Å². The largest absolute Gasteiger partial charge is 0.493 e. The smallest absolute Gasteiger partial charge is 0.338 e. The van der Waals surface area contributed by atoms with Crippen LogP contribution in [0.2, 0.25) is 0 Å². The van der Waals surface area contributed by atoms with Crippen LogP contribution >= 0.6 is 27.3 Å². The van der Waals surface area contributed by atoms with E-state index in [-0.39, 0.29) is 12.2 Å². The molecule has 0 saturated carbocycles. The molecule has 0 bridgehead atoms. The van der Waals surface area contributed by atoms with E-state index in [4.69, 9.17) is 18.9 Å². The summed E-state index contributed by atoms with van der Waals surface area (Å²) in [5, 5.41) is 0. The molecule has 2 heterocycles. The summed E-state index contributed by atoms with van der Waals surface area (Å²) in [5.74, 6) is 1.35. The first kappa shape index (κ1) is 28.6. The number of esters is 1. The van der Waals surface area contributed by atoms with Gasteiger partial charge in [0.15, 0.2) is 16.3 Å². The van der Waals surface area contributed by atoms with Gasteiger partial charge in [0.25, 0.3) is 5.56 Å². The highest BCUT2D eigenvalue weighted by molar-refractivity contribution is 9.10. The highest BCUT2D eigenvalue weighted by Crippen LogP contribution is 2.36. The van der Waals surface area contributed by atoms with Crippen LogP contribution in [0, 0.1) is 0 Å². The van der Waals surface area contributed by atoms with E-state index in [9.17, 15) is 9.59 Å². The van der Waals surface area contributed by atoms with Crippen molar-refractivity contribution in [3.63, 3.8) is 0 Å². The molecule has 0 spiro atoms. The molecule has 0 saturated heterocycles. The van der Waals surface area contributed by atoms with Crippen LogP contribution in [0.1, 0.15) is 51.8 Å². The lowest BCUT2D eigenvalue weighted by Gasteiger charge is -2.25. The number of nitrogens with zero attached hydrogens (tertiary/aromatic N) is 2. The van der Waals surface area contributed by atoms with Gasteiger partial charge in [-0.05, 0) is 92.0 Å². The number of thiazole rings is 1. The number of carbonyl (C=O) groups excluding carboxylic acids is 1. The van der Waals surface area contributed by atoms with E-state index in [1.54, 1.807) is 24.5 Å². The van der Waals surface area contributed by atoms with Gasteiger partial charge in [-0.1, -0.05) is 23.5 Å². The molecule has 206 valence electrons. The van der Waals surface area contributed by atoms with E-state index in [0.717, 1.165) is 15.8 Å². The average molecular weight is 616 g/mol. The molecule has 3 aromatic rings. The lowest BCUT2D eigenvalue weighted by molar-refractivity contribution is -0.139. The molecule has 0 fully saturated rings. The molecule has 1 aliphatic heterocycles. The highest BCUT2D eigenvalue weighted by atomic mass is 79.9. The number of hydrogen-bond donors (Lipinski definition) is 0. The van der Waals surface area contributed by atoms with Crippen molar-refractivity contribution in [1.82, 2.24) is 4.57 Å². The van der Waals surface area contributed by atoms with Crippen molar-refractivity contribution in [2.45, 2.75) is 40.7 Å². The summed E-state index contributed by atoms with van der Waals surface area (Å²) in [7, 11) is 0. The number of hydrogen-bond acceptors (Lipinski definition) is 8. The lowest BCUT2D eigenvalue weighted by atomic mass is 9.95. The number of fused-ring (bicyclic) bond motifs is 1. The minimum Gasteiger partial charge on any atom is -0.493 e. The molecule has 4 rings (SSSR count). The van der Waals surface area contributed by atoms with Crippen molar-refractivity contribution in [2.24, 2.45) is 4.99 Å². The zero-order valence-electron chi connectivity index (χ0n) is 22.6. The Bertz CT molecular complexity index is 1590. The normalized spacial score (nSPS) is 15.0. The van der Waals surface area contributed by atoms with Crippen LogP contribution in [0.3, 0.4) is 0 Å². The number of halogens is 1. The van der Waals surface area contributed by atoms with Crippen molar-refractivity contribution in [3.05, 3.63) is 83.0 Å². The van der Waals surface area contributed by atoms with Crippen LogP contribution < -0.4 is 29.1 Å². The molecule has 0 unspecified atom stereocenters.